The van der Waals surface area contributed by atoms with Crippen LogP contribution in [0, 0.1) is 11.7 Å². The highest BCUT2D eigenvalue weighted by Crippen LogP contribution is 2.36. The lowest BCUT2D eigenvalue weighted by molar-refractivity contribution is 0.0304. The molecule has 1 unspecified atom stereocenters. The molecule has 1 aliphatic rings. The van der Waals surface area contributed by atoms with Gasteiger partial charge in [-0.15, -0.1) is 0 Å². The molecule has 0 bridgehead atoms. The van der Waals surface area contributed by atoms with Crippen LogP contribution in [0.4, 0.5) is 29.5 Å². The van der Waals surface area contributed by atoms with Crippen LogP contribution in [0.5, 0.6) is 0 Å². The van der Waals surface area contributed by atoms with Gasteiger partial charge in [0.05, 0.1) is 11.6 Å². The second kappa shape index (κ2) is 11.2. The molecule has 2 aromatic rings. The molecule has 39 heavy (non-hydrogen) atoms. The van der Waals surface area contributed by atoms with Crippen LogP contribution in [0.15, 0.2) is 18.2 Å². The number of halogens is 4. The van der Waals surface area contributed by atoms with Crippen molar-refractivity contribution in [3.05, 3.63) is 40.3 Å². The third-order valence-electron chi connectivity index (χ3n) is 5.95. The molecule has 0 radical (unpaired) electrons. The van der Waals surface area contributed by atoms with Gasteiger partial charge in [-0.05, 0) is 57.7 Å². The molecule has 3 rings (SSSR count). The molecule has 1 aromatic carbocycles. The summed E-state index contributed by atoms with van der Waals surface area (Å²) in [6.07, 6.45) is -3.46. The number of aryl methyl sites for hydroxylation is 1. The summed E-state index contributed by atoms with van der Waals surface area (Å²) >= 11 is 6.48. The number of ether oxygens (including phenoxy) is 1. The summed E-state index contributed by atoms with van der Waals surface area (Å²) in [5.41, 5.74) is -2.28. The molecule has 1 atom stereocenters. The second-order valence-corrected chi connectivity index (χ2v) is 12.5. The molecule has 1 fully saturated rings. The minimum atomic E-state index is -4.57. The van der Waals surface area contributed by atoms with Crippen molar-refractivity contribution in [3.8, 4) is 0 Å². The number of nitrogens with one attached hydrogen (secondary N) is 1. The standard InChI is InChI=1S/C24H31ClF3N5O5S/c1-13(2)17-8-7-11-32(39(36,37)33(17)23(35)38-24(3,4)5)21-18(25)19(31(6)30-21)22(34)29-14-9-10-16(26)15(12-14)20(27)28/h9-10,12-13,17,20H,7-8,11H2,1-6H3,(H,29,34). The zero-order chi connectivity index (χ0) is 29.4. The lowest BCUT2D eigenvalue weighted by Crippen LogP contribution is -2.52. The van der Waals surface area contributed by atoms with E-state index < -0.39 is 51.7 Å². The third kappa shape index (κ3) is 6.43. The molecule has 1 saturated heterocycles. The molecule has 15 heteroatoms. The van der Waals surface area contributed by atoms with Gasteiger partial charge in [0, 0.05) is 19.3 Å². The highest BCUT2D eigenvalue weighted by atomic mass is 35.5. The first-order valence-electron chi connectivity index (χ1n) is 12.1. The molecule has 1 aromatic heterocycles. The fourth-order valence-electron chi connectivity index (χ4n) is 4.18. The number of carbonyl (C=O) groups is 2. The van der Waals surface area contributed by atoms with Gasteiger partial charge in [0.2, 0.25) is 0 Å². The molecule has 0 aliphatic carbocycles. The van der Waals surface area contributed by atoms with Crippen molar-refractivity contribution in [1.29, 1.82) is 0 Å². The van der Waals surface area contributed by atoms with Crippen molar-refractivity contribution >= 4 is 45.3 Å². The summed E-state index contributed by atoms with van der Waals surface area (Å²) in [7, 11) is -3.24. The SMILES string of the molecule is CC(C)C1CCCN(c2nn(C)c(C(=O)Nc3ccc(F)c(C(F)F)c3)c2Cl)S(=O)(=O)N1C(=O)OC(C)(C)C. The van der Waals surface area contributed by atoms with E-state index in [0.717, 1.165) is 27.2 Å². The fraction of sp³-hybridized carbons (Fsp3) is 0.542. The first-order valence-corrected chi connectivity index (χ1v) is 13.9. The van der Waals surface area contributed by atoms with Gasteiger partial charge < -0.3 is 10.1 Å². The van der Waals surface area contributed by atoms with Crippen LogP contribution in [-0.4, -0.2) is 52.7 Å². The Hall–Kier alpha value is -3.00. The van der Waals surface area contributed by atoms with Crippen LogP contribution in [0.3, 0.4) is 0 Å². The lowest BCUT2D eigenvalue weighted by Gasteiger charge is -2.35. The van der Waals surface area contributed by atoms with Gasteiger partial charge in [0.1, 0.15) is 22.1 Å². The van der Waals surface area contributed by atoms with E-state index in [2.05, 4.69) is 10.4 Å². The number of anilines is 2. The van der Waals surface area contributed by atoms with E-state index in [1.165, 1.54) is 7.05 Å². The lowest BCUT2D eigenvalue weighted by atomic mass is 9.99. The molecule has 1 N–H and O–H groups in total. The highest BCUT2D eigenvalue weighted by Gasteiger charge is 2.46. The van der Waals surface area contributed by atoms with E-state index in [1.807, 2.05) is 0 Å². The summed E-state index contributed by atoms with van der Waals surface area (Å²) in [6, 6.07) is 1.96. The zero-order valence-corrected chi connectivity index (χ0v) is 23.9. The van der Waals surface area contributed by atoms with E-state index in [4.69, 9.17) is 16.3 Å². The molecule has 2 heterocycles. The Labute approximate surface area is 230 Å². The van der Waals surface area contributed by atoms with Gasteiger partial charge in [-0.1, -0.05) is 25.4 Å². The zero-order valence-electron chi connectivity index (χ0n) is 22.3. The first kappa shape index (κ1) is 30.5. The predicted octanol–water partition coefficient (Wildman–Crippen LogP) is 5.51. The third-order valence-corrected chi connectivity index (χ3v) is 8.12. The number of amides is 2. The summed E-state index contributed by atoms with van der Waals surface area (Å²) < 4.78 is 75.6. The maximum Gasteiger partial charge on any atom is 0.425 e. The molecule has 2 amide bonds. The topological polar surface area (TPSA) is 114 Å². The van der Waals surface area contributed by atoms with Gasteiger partial charge in [-0.25, -0.2) is 22.3 Å². The van der Waals surface area contributed by atoms with E-state index in [9.17, 15) is 31.2 Å². The average Bonchev–Trinajstić information content (AvgIpc) is 2.99. The number of nitrogens with zero attached hydrogens (tertiary/aromatic N) is 4. The molecular weight excluding hydrogens is 563 g/mol. The van der Waals surface area contributed by atoms with Crippen molar-refractivity contribution in [3.63, 3.8) is 0 Å². The van der Waals surface area contributed by atoms with Crippen LogP contribution < -0.4 is 9.62 Å². The van der Waals surface area contributed by atoms with Crippen molar-refractivity contribution < 1.29 is 35.9 Å². The Balaban J connectivity index is 2.02. The molecule has 0 saturated carbocycles. The van der Waals surface area contributed by atoms with Crippen LogP contribution in [0.25, 0.3) is 0 Å². The minimum Gasteiger partial charge on any atom is -0.443 e. The highest BCUT2D eigenvalue weighted by molar-refractivity contribution is 7.91. The van der Waals surface area contributed by atoms with Gasteiger partial charge >= 0.3 is 16.3 Å². The summed E-state index contributed by atoms with van der Waals surface area (Å²) in [5.74, 6) is -2.56. The fourth-order valence-corrected chi connectivity index (χ4v) is 6.41. The Morgan fingerprint density at radius 2 is 1.87 bits per heavy atom. The normalized spacial score (nSPS) is 17.9. The Kier molecular flexibility index (Phi) is 8.80. The number of benzene rings is 1. The maximum absolute atomic E-state index is 13.9. The quantitative estimate of drug-likeness (QED) is 0.489. The average molecular weight is 594 g/mol. The smallest absolute Gasteiger partial charge is 0.425 e. The van der Waals surface area contributed by atoms with Crippen LogP contribution in [-0.2, 0) is 22.0 Å². The second-order valence-electron chi connectivity index (χ2n) is 10.4. The van der Waals surface area contributed by atoms with Crippen molar-refractivity contribution in [2.45, 2.75) is 65.5 Å². The predicted molar refractivity (Wildman–Crippen MR) is 140 cm³/mol. The van der Waals surface area contributed by atoms with Crippen molar-refractivity contribution in [2.24, 2.45) is 13.0 Å². The number of carbonyl (C=O) groups excluding carboxylic acids is 2. The summed E-state index contributed by atoms with van der Waals surface area (Å²) in [4.78, 5) is 26.2. The van der Waals surface area contributed by atoms with Crippen molar-refractivity contribution in [1.82, 2.24) is 14.1 Å². The number of rotatable bonds is 5. The Bertz CT molecular complexity index is 1360. The molecule has 0 spiro atoms. The van der Waals surface area contributed by atoms with Gasteiger partial charge in [0.15, 0.2) is 5.82 Å². The number of aromatic nitrogens is 2. The molecule has 10 nitrogen and oxygen atoms in total. The van der Waals surface area contributed by atoms with Gasteiger partial charge in [-0.2, -0.15) is 17.8 Å². The minimum absolute atomic E-state index is 0.0850. The molecular formula is C24H31ClF3N5O5S. The van der Waals surface area contributed by atoms with Crippen LogP contribution in [0.1, 0.15) is 69.9 Å². The van der Waals surface area contributed by atoms with Crippen LogP contribution >= 0.6 is 11.6 Å². The Morgan fingerprint density at radius 3 is 2.44 bits per heavy atom. The van der Waals surface area contributed by atoms with E-state index >= 15 is 0 Å². The summed E-state index contributed by atoms with van der Waals surface area (Å²) in [6.45, 7) is 8.34. The maximum atomic E-state index is 13.9. The number of hydrogen-bond acceptors (Lipinski definition) is 6. The summed E-state index contributed by atoms with van der Waals surface area (Å²) in [5, 5.41) is 6.15. The van der Waals surface area contributed by atoms with Crippen molar-refractivity contribution in [2.75, 3.05) is 16.2 Å². The number of hydrogen-bond donors (Lipinski definition) is 1. The van der Waals surface area contributed by atoms with Gasteiger partial charge in [0.25, 0.3) is 12.3 Å². The number of alkyl halides is 2. The van der Waals surface area contributed by atoms with E-state index in [0.29, 0.717) is 17.1 Å². The van der Waals surface area contributed by atoms with Gasteiger partial charge in [-0.3, -0.25) is 9.48 Å². The largest absolute Gasteiger partial charge is 0.443 e. The monoisotopic (exact) mass is 593 g/mol. The van der Waals surface area contributed by atoms with E-state index in [1.54, 1.807) is 34.6 Å². The molecule has 216 valence electrons. The first-order chi connectivity index (χ1) is 18.0. The Morgan fingerprint density at radius 1 is 1.23 bits per heavy atom. The van der Waals surface area contributed by atoms with E-state index in [-0.39, 0.29) is 34.7 Å². The molecule has 1 aliphatic heterocycles. The van der Waals surface area contributed by atoms with Crippen LogP contribution in [0.2, 0.25) is 5.02 Å².